The molecule has 3 unspecified atom stereocenters. The predicted octanol–water partition coefficient (Wildman–Crippen LogP) is 4.68. The molecule has 48 heavy (non-hydrogen) atoms. The normalized spacial score (nSPS) is 13.4. The lowest BCUT2D eigenvalue weighted by Gasteiger charge is -2.35. The van der Waals surface area contributed by atoms with Crippen LogP contribution in [-0.2, 0) is 35.1 Å². The summed E-state index contributed by atoms with van der Waals surface area (Å²) in [5.74, 6) is -3.03. The number of primary amides is 1. The Morgan fingerprint density at radius 1 is 0.812 bits per heavy atom. The zero-order valence-corrected chi connectivity index (χ0v) is 29.2. The Bertz CT molecular complexity index is 1370. The predicted molar refractivity (Wildman–Crippen MR) is 182 cm³/mol. The van der Waals surface area contributed by atoms with E-state index >= 15 is 0 Å². The number of phenolic OH excluding ortho intramolecular Hbond substituents is 1. The SMILES string of the molecule is CCCCCCN(C(=O)C(CC(N)=O)NC(=O)OC(C)(C)C)C(C(=O)NC(Cc1ccccc1)C(=O)OC(C)(C)C)c1ccc(O)cc1. The summed E-state index contributed by atoms with van der Waals surface area (Å²) in [6.45, 7) is 12.2. The summed E-state index contributed by atoms with van der Waals surface area (Å²) in [7, 11) is 0. The molecule has 0 saturated carbocycles. The van der Waals surface area contributed by atoms with Crippen molar-refractivity contribution in [1.29, 1.82) is 0 Å². The Kier molecular flexibility index (Phi) is 14.9. The molecule has 0 aliphatic rings. The minimum atomic E-state index is -1.46. The van der Waals surface area contributed by atoms with Gasteiger partial charge in [-0.3, -0.25) is 14.4 Å². The fourth-order valence-electron chi connectivity index (χ4n) is 4.92. The molecule has 2 rings (SSSR count). The summed E-state index contributed by atoms with van der Waals surface area (Å²) >= 11 is 0. The second-order valence-corrected chi connectivity index (χ2v) is 13.7. The number of nitrogens with one attached hydrogen (secondary N) is 2. The molecule has 264 valence electrons. The van der Waals surface area contributed by atoms with E-state index in [-0.39, 0.29) is 18.7 Å². The number of hydrogen-bond acceptors (Lipinski definition) is 8. The van der Waals surface area contributed by atoms with Crippen molar-refractivity contribution in [2.24, 2.45) is 5.73 Å². The van der Waals surface area contributed by atoms with E-state index in [1.807, 2.05) is 37.3 Å². The third-order valence-corrected chi connectivity index (χ3v) is 6.99. The topological polar surface area (TPSA) is 177 Å². The standard InChI is InChI=1S/C36H52N4O8/c1-8-9-10-14-21-40(32(44)27(23-29(37)42)39-34(46)48-36(5,6)7)30(25-17-19-26(41)20-18-25)31(43)38-28(33(45)47-35(2,3)4)22-24-15-12-11-13-16-24/h11-13,15-20,27-28,30,41H,8-10,14,21-23H2,1-7H3,(H2,37,42)(H,38,43)(H,39,46). The van der Waals surface area contributed by atoms with Crippen molar-refractivity contribution in [3.63, 3.8) is 0 Å². The van der Waals surface area contributed by atoms with Crippen molar-refractivity contribution in [1.82, 2.24) is 15.5 Å². The van der Waals surface area contributed by atoms with Crippen LogP contribution in [0.15, 0.2) is 54.6 Å². The van der Waals surface area contributed by atoms with E-state index in [0.717, 1.165) is 24.8 Å². The van der Waals surface area contributed by atoms with Gasteiger partial charge in [-0.2, -0.15) is 0 Å². The van der Waals surface area contributed by atoms with Crippen molar-refractivity contribution >= 4 is 29.8 Å². The summed E-state index contributed by atoms with van der Waals surface area (Å²) in [6, 6.07) is 10.9. The van der Waals surface area contributed by atoms with Crippen molar-refractivity contribution in [2.75, 3.05) is 6.54 Å². The first kappa shape index (κ1) is 39.6. The highest BCUT2D eigenvalue weighted by atomic mass is 16.6. The van der Waals surface area contributed by atoms with Gasteiger partial charge < -0.3 is 35.8 Å². The maximum atomic E-state index is 14.4. The minimum absolute atomic E-state index is 0.0624. The van der Waals surface area contributed by atoms with Crippen LogP contribution in [0.5, 0.6) is 5.75 Å². The van der Waals surface area contributed by atoms with Crippen LogP contribution in [-0.4, -0.2) is 69.6 Å². The molecule has 0 aromatic heterocycles. The number of esters is 1. The van der Waals surface area contributed by atoms with Gasteiger partial charge in [0.05, 0.1) is 6.42 Å². The van der Waals surface area contributed by atoms with Gasteiger partial charge in [0.1, 0.15) is 35.1 Å². The molecule has 2 aromatic carbocycles. The zero-order chi connectivity index (χ0) is 36.1. The van der Waals surface area contributed by atoms with E-state index in [4.69, 9.17) is 15.2 Å². The monoisotopic (exact) mass is 668 g/mol. The number of hydrogen-bond donors (Lipinski definition) is 4. The second-order valence-electron chi connectivity index (χ2n) is 13.7. The van der Waals surface area contributed by atoms with Crippen LogP contribution in [0.1, 0.15) is 97.7 Å². The zero-order valence-electron chi connectivity index (χ0n) is 29.2. The van der Waals surface area contributed by atoms with Crippen molar-refractivity contribution in [3.8, 4) is 5.75 Å². The van der Waals surface area contributed by atoms with Crippen LogP contribution in [0.4, 0.5) is 4.79 Å². The van der Waals surface area contributed by atoms with Gasteiger partial charge in [0, 0.05) is 13.0 Å². The number of nitrogens with two attached hydrogens (primary N) is 1. The van der Waals surface area contributed by atoms with Gasteiger partial charge in [0.25, 0.3) is 0 Å². The number of phenols is 1. The number of ether oxygens (including phenoxy) is 2. The van der Waals surface area contributed by atoms with Gasteiger partial charge in [-0.05, 0) is 71.2 Å². The number of benzene rings is 2. The molecule has 0 aliphatic carbocycles. The number of unbranched alkanes of at least 4 members (excludes halogenated alkanes) is 3. The minimum Gasteiger partial charge on any atom is -0.508 e. The molecule has 2 aromatic rings. The fourth-order valence-corrected chi connectivity index (χ4v) is 4.92. The van der Waals surface area contributed by atoms with Crippen LogP contribution in [0.2, 0.25) is 0 Å². The average molecular weight is 669 g/mol. The first-order valence-corrected chi connectivity index (χ1v) is 16.3. The number of aromatic hydroxyl groups is 1. The van der Waals surface area contributed by atoms with Crippen molar-refractivity contribution < 1.29 is 38.6 Å². The number of alkyl carbamates (subject to hydrolysis) is 1. The highest BCUT2D eigenvalue weighted by molar-refractivity contribution is 5.95. The Labute approximate surface area is 283 Å². The summed E-state index contributed by atoms with van der Waals surface area (Å²) < 4.78 is 11.0. The van der Waals surface area contributed by atoms with Crippen LogP contribution in [0, 0.1) is 0 Å². The molecule has 4 amide bonds. The quantitative estimate of drug-likeness (QED) is 0.147. The maximum absolute atomic E-state index is 14.4. The first-order valence-electron chi connectivity index (χ1n) is 16.3. The number of carbonyl (C=O) groups is 5. The number of amides is 4. The average Bonchev–Trinajstić information content (AvgIpc) is 2.97. The molecule has 0 spiro atoms. The maximum Gasteiger partial charge on any atom is 0.408 e. The summed E-state index contributed by atoms with van der Waals surface area (Å²) in [6.07, 6.45) is 1.64. The number of rotatable bonds is 16. The fraction of sp³-hybridized carbons (Fsp3) is 0.528. The smallest absolute Gasteiger partial charge is 0.408 e. The number of carbonyl (C=O) groups excluding carboxylic acids is 5. The third kappa shape index (κ3) is 14.0. The third-order valence-electron chi connectivity index (χ3n) is 6.99. The molecule has 3 atom stereocenters. The lowest BCUT2D eigenvalue weighted by atomic mass is 9.99. The van der Waals surface area contributed by atoms with Crippen molar-refractivity contribution in [3.05, 3.63) is 65.7 Å². The molecule has 0 aliphatic heterocycles. The van der Waals surface area contributed by atoms with Gasteiger partial charge in [-0.15, -0.1) is 0 Å². The van der Waals surface area contributed by atoms with E-state index in [2.05, 4.69) is 10.6 Å². The molecule has 12 nitrogen and oxygen atoms in total. The molecule has 0 heterocycles. The first-order chi connectivity index (χ1) is 22.4. The largest absolute Gasteiger partial charge is 0.508 e. The second kappa shape index (κ2) is 18.1. The molecule has 12 heteroatoms. The molecule has 0 saturated heterocycles. The van der Waals surface area contributed by atoms with Gasteiger partial charge >= 0.3 is 12.1 Å². The van der Waals surface area contributed by atoms with Gasteiger partial charge in [-0.1, -0.05) is 68.7 Å². The highest BCUT2D eigenvalue weighted by Gasteiger charge is 2.38. The highest BCUT2D eigenvalue weighted by Crippen LogP contribution is 2.26. The molecule has 0 radical (unpaired) electrons. The Hall–Kier alpha value is -4.61. The van der Waals surface area contributed by atoms with E-state index in [9.17, 15) is 29.1 Å². The van der Waals surface area contributed by atoms with Crippen LogP contribution in [0.25, 0.3) is 0 Å². The van der Waals surface area contributed by atoms with E-state index in [0.29, 0.717) is 12.0 Å². The van der Waals surface area contributed by atoms with Gasteiger partial charge in [0.2, 0.25) is 17.7 Å². The van der Waals surface area contributed by atoms with Gasteiger partial charge in [0.15, 0.2) is 0 Å². The Morgan fingerprint density at radius 3 is 1.96 bits per heavy atom. The van der Waals surface area contributed by atoms with Crippen molar-refractivity contribution in [2.45, 2.75) is 116 Å². The number of nitrogens with zero attached hydrogens (tertiary/aromatic N) is 1. The molecule has 0 fully saturated rings. The molecular formula is C36H52N4O8. The summed E-state index contributed by atoms with van der Waals surface area (Å²) in [4.78, 5) is 68.4. The van der Waals surface area contributed by atoms with Crippen LogP contribution < -0.4 is 16.4 Å². The molecule has 0 bridgehead atoms. The summed E-state index contributed by atoms with van der Waals surface area (Å²) in [5, 5.41) is 15.3. The van der Waals surface area contributed by atoms with E-state index in [1.54, 1.807) is 41.5 Å². The Balaban J connectivity index is 2.63. The van der Waals surface area contributed by atoms with Crippen LogP contribution in [0.3, 0.4) is 0 Å². The molecule has 5 N–H and O–H groups in total. The van der Waals surface area contributed by atoms with Crippen LogP contribution >= 0.6 is 0 Å². The van der Waals surface area contributed by atoms with E-state index < -0.39 is 65.5 Å². The van der Waals surface area contributed by atoms with E-state index in [1.165, 1.54) is 29.2 Å². The Morgan fingerprint density at radius 2 is 1.42 bits per heavy atom. The molecular weight excluding hydrogens is 616 g/mol. The summed E-state index contributed by atoms with van der Waals surface area (Å²) in [5.41, 5.74) is 4.86. The lowest BCUT2D eigenvalue weighted by Crippen LogP contribution is -2.55. The van der Waals surface area contributed by atoms with Gasteiger partial charge in [-0.25, -0.2) is 9.59 Å². The lowest BCUT2D eigenvalue weighted by molar-refractivity contribution is -0.159.